The molecule has 1 heterocycles. The monoisotopic (exact) mass is 378 g/mol. The largest absolute Gasteiger partial charge is 0.493 e. The molecule has 8 heteroatoms. The van der Waals surface area contributed by atoms with E-state index in [4.69, 9.17) is 14.6 Å². The number of aliphatic carboxylic acids is 1. The van der Waals surface area contributed by atoms with Crippen LogP contribution >= 0.6 is 11.3 Å². The first-order valence-corrected chi connectivity index (χ1v) is 8.95. The van der Waals surface area contributed by atoms with Crippen molar-refractivity contribution in [3.63, 3.8) is 0 Å². The second kappa shape index (κ2) is 9.19. The molecule has 1 amide bonds. The highest BCUT2D eigenvalue weighted by molar-refractivity contribution is 7.13. The van der Waals surface area contributed by atoms with Crippen LogP contribution in [-0.2, 0) is 16.0 Å². The lowest BCUT2D eigenvalue weighted by molar-refractivity contribution is -0.138. The molecule has 2 rings (SSSR count). The van der Waals surface area contributed by atoms with Gasteiger partial charge in [-0.25, -0.2) is 4.98 Å². The van der Waals surface area contributed by atoms with Crippen LogP contribution in [0.25, 0.3) is 10.6 Å². The van der Waals surface area contributed by atoms with Gasteiger partial charge in [-0.1, -0.05) is 0 Å². The number of nitrogens with zero attached hydrogens (tertiary/aromatic N) is 2. The van der Waals surface area contributed by atoms with Crippen molar-refractivity contribution in [3.8, 4) is 22.1 Å². The molecule has 0 aliphatic carbocycles. The molecule has 26 heavy (non-hydrogen) atoms. The first kappa shape index (κ1) is 19.7. The van der Waals surface area contributed by atoms with Gasteiger partial charge in [0.25, 0.3) is 0 Å². The average molecular weight is 378 g/mol. The fourth-order valence-electron chi connectivity index (χ4n) is 2.37. The van der Waals surface area contributed by atoms with Crippen molar-refractivity contribution in [2.24, 2.45) is 0 Å². The van der Waals surface area contributed by atoms with E-state index in [-0.39, 0.29) is 18.7 Å². The third kappa shape index (κ3) is 5.19. The number of ether oxygens (including phenoxy) is 2. The van der Waals surface area contributed by atoms with Gasteiger partial charge in [0.2, 0.25) is 5.91 Å². The van der Waals surface area contributed by atoms with Crippen LogP contribution < -0.4 is 9.47 Å². The summed E-state index contributed by atoms with van der Waals surface area (Å²) in [4.78, 5) is 28.8. The summed E-state index contributed by atoms with van der Waals surface area (Å²) in [6, 6.07) is 5.56. The lowest BCUT2D eigenvalue weighted by Gasteiger charge is -2.15. The molecule has 2 aromatic rings. The predicted octanol–water partition coefficient (Wildman–Crippen LogP) is 2.69. The highest BCUT2D eigenvalue weighted by Gasteiger charge is 2.14. The molecule has 0 bridgehead atoms. The number of methoxy groups -OCH3 is 2. The van der Waals surface area contributed by atoms with Crippen molar-refractivity contribution >= 4 is 23.2 Å². The van der Waals surface area contributed by atoms with Crippen molar-refractivity contribution in [2.45, 2.75) is 19.3 Å². The quantitative estimate of drug-likeness (QED) is 0.722. The van der Waals surface area contributed by atoms with Crippen molar-refractivity contribution in [3.05, 3.63) is 29.3 Å². The zero-order valence-corrected chi connectivity index (χ0v) is 15.8. The van der Waals surface area contributed by atoms with Gasteiger partial charge in [0.05, 0.1) is 26.3 Å². The average Bonchev–Trinajstić information content (AvgIpc) is 3.09. The minimum atomic E-state index is -0.857. The zero-order valence-electron chi connectivity index (χ0n) is 15.0. The number of hydrogen-bond donors (Lipinski definition) is 1. The molecule has 7 nitrogen and oxygen atoms in total. The summed E-state index contributed by atoms with van der Waals surface area (Å²) in [7, 11) is 4.83. The first-order chi connectivity index (χ1) is 12.4. The maximum atomic E-state index is 12.2. The molecular formula is C18H22N2O5S. The molecule has 0 aliphatic rings. The number of hydrogen-bond acceptors (Lipinski definition) is 6. The Kier molecular flexibility index (Phi) is 6.97. The van der Waals surface area contributed by atoms with Crippen LogP contribution in [0.2, 0.25) is 0 Å². The minimum Gasteiger partial charge on any atom is -0.493 e. The maximum absolute atomic E-state index is 12.2. The zero-order chi connectivity index (χ0) is 19.1. The normalized spacial score (nSPS) is 10.4. The molecule has 0 spiro atoms. The van der Waals surface area contributed by atoms with E-state index in [1.54, 1.807) is 26.2 Å². The number of carbonyl (C=O) groups is 2. The Morgan fingerprint density at radius 3 is 2.62 bits per heavy atom. The maximum Gasteiger partial charge on any atom is 0.303 e. The Labute approximate surface area is 156 Å². The molecule has 0 saturated heterocycles. The number of rotatable bonds is 9. The Morgan fingerprint density at radius 2 is 1.96 bits per heavy atom. The summed E-state index contributed by atoms with van der Waals surface area (Å²) in [5.74, 6) is 0.326. The summed E-state index contributed by atoms with van der Waals surface area (Å²) in [6.45, 7) is 0.414. The molecule has 0 atom stereocenters. The van der Waals surface area contributed by atoms with Crippen LogP contribution in [0.1, 0.15) is 18.5 Å². The topological polar surface area (TPSA) is 89.0 Å². The van der Waals surface area contributed by atoms with Gasteiger partial charge < -0.3 is 19.5 Å². The molecular weight excluding hydrogens is 356 g/mol. The highest BCUT2D eigenvalue weighted by Crippen LogP contribution is 2.33. The molecule has 1 aromatic heterocycles. The molecule has 1 aromatic carbocycles. The third-order valence-electron chi connectivity index (χ3n) is 3.82. The molecule has 140 valence electrons. The van der Waals surface area contributed by atoms with Crippen molar-refractivity contribution in [2.75, 3.05) is 27.8 Å². The molecule has 0 saturated carbocycles. The van der Waals surface area contributed by atoms with Crippen LogP contribution in [-0.4, -0.2) is 54.7 Å². The number of carboxylic acids is 1. The van der Waals surface area contributed by atoms with Crippen LogP contribution in [0.4, 0.5) is 0 Å². The predicted molar refractivity (Wildman–Crippen MR) is 98.9 cm³/mol. The second-order valence-electron chi connectivity index (χ2n) is 5.70. The van der Waals surface area contributed by atoms with Crippen LogP contribution in [0.3, 0.4) is 0 Å². The van der Waals surface area contributed by atoms with Crippen LogP contribution in [0, 0.1) is 0 Å². The van der Waals surface area contributed by atoms with Crippen molar-refractivity contribution in [1.29, 1.82) is 0 Å². The lowest BCUT2D eigenvalue weighted by Crippen LogP contribution is -2.29. The van der Waals surface area contributed by atoms with E-state index in [0.717, 1.165) is 10.6 Å². The number of amides is 1. The summed E-state index contributed by atoms with van der Waals surface area (Å²) < 4.78 is 10.5. The Bertz CT molecular complexity index is 775. The van der Waals surface area contributed by atoms with Crippen LogP contribution in [0.15, 0.2) is 23.6 Å². The first-order valence-electron chi connectivity index (χ1n) is 8.07. The Morgan fingerprint density at radius 1 is 1.23 bits per heavy atom. The van der Waals surface area contributed by atoms with Crippen molar-refractivity contribution in [1.82, 2.24) is 9.88 Å². The summed E-state index contributed by atoms with van der Waals surface area (Å²) in [5.41, 5.74) is 1.58. The van der Waals surface area contributed by atoms with Gasteiger partial charge >= 0.3 is 5.97 Å². The smallest absolute Gasteiger partial charge is 0.303 e. The molecule has 0 radical (unpaired) electrons. The summed E-state index contributed by atoms with van der Waals surface area (Å²) in [5, 5.41) is 11.3. The van der Waals surface area contributed by atoms with Crippen molar-refractivity contribution < 1.29 is 24.2 Å². The van der Waals surface area contributed by atoms with Gasteiger partial charge in [0.15, 0.2) is 11.5 Å². The van der Waals surface area contributed by atoms with Crippen LogP contribution in [0.5, 0.6) is 11.5 Å². The van der Waals surface area contributed by atoms with Gasteiger partial charge in [0.1, 0.15) is 5.01 Å². The van der Waals surface area contributed by atoms with E-state index in [1.165, 1.54) is 11.3 Å². The fraction of sp³-hybridized carbons (Fsp3) is 0.389. The minimum absolute atomic E-state index is 0.0533. The number of benzene rings is 1. The number of thiazole rings is 1. The molecule has 0 fully saturated rings. The number of carboxylic acid groups (broad SMARTS) is 1. The molecule has 0 unspecified atom stereocenters. The lowest BCUT2D eigenvalue weighted by atomic mass is 10.2. The number of carbonyl (C=O) groups excluding carboxylic acids is 1. The third-order valence-corrected chi connectivity index (χ3v) is 4.76. The second-order valence-corrected chi connectivity index (χ2v) is 6.56. The Balaban J connectivity index is 2.01. The van der Waals surface area contributed by atoms with E-state index in [1.807, 2.05) is 23.6 Å². The van der Waals surface area contributed by atoms with E-state index in [0.29, 0.717) is 30.2 Å². The van der Waals surface area contributed by atoms with E-state index in [2.05, 4.69) is 4.98 Å². The van der Waals surface area contributed by atoms with E-state index >= 15 is 0 Å². The van der Waals surface area contributed by atoms with Gasteiger partial charge in [-0.05, 0) is 24.6 Å². The van der Waals surface area contributed by atoms with Gasteiger partial charge in [-0.3, -0.25) is 9.59 Å². The highest BCUT2D eigenvalue weighted by atomic mass is 32.1. The van der Waals surface area contributed by atoms with Gasteiger partial charge in [0, 0.05) is 31.0 Å². The SMILES string of the molecule is COc1ccc(-c2nc(CC(=O)N(C)CCCC(=O)O)cs2)cc1OC. The van der Waals surface area contributed by atoms with E-state index in [9.17, 15) is 9.59 Å². The number of likely N-dealkylation sites (N-methyl/N-ethyl adjacent to an activating group) is 1. The van der Waals surface area contributed by atoms with Gasteiger partial charge in [-0.2, -0.15) is 0 Å². The number of aromatic nitrogens is 1. The molecule has 0 aliphatic heterocycles. The molecule has 1 N–H and O–H groups in total. The fourth-order valence-corrected chi connectivity index (χ4v) is 3.19. The summed E-state index contributed by atoms with van der Waals surface area (Å²) in [6.07, 6.45) is 0.677. The Hall–Kier alpha value is -2.61. The van der Waals surface area contributed by atoms with E-state index < -0.39 is 5.97 Å². The van der Waals surface area contributed by atoms with Gasteiger partial charge in [-0.15, -0.1) is 11.3 Å². The standard InChI is InChI=1S/C18H22N2O5S/c1-20(8-4-5-17(22)23)16(21)10-13-11-26-18(19-13)12-6-7-14(24-2)15(9-12)25-3/h6-7,9,11H,4-5,8,10H2,1-3H3,(H,22,23). The summed E-state index contributed by atoms with van der Waals surface area (Å²) >= 11 is 1.45.